The molecule has 3 nitrogen and oxygen atoms in total. The molecule has 1 N–H and O–H groups in total. The van der Waals surface area contributed by atoms with E-state index < -0.39 is 0 Å². The summed E-state index contributed by atoms with van der Waals surface area (Å²) in [6.07, 6.45) is 3.94. The minimum absolute atomic E-state index is 0.233. The lowest BCUT2D eigenvalue weighted by Gasteiger charge is -2.11. The number of carbonyl (C=O) groups is 1. The van der Waals surface area contributed by atoms with Crippen LogP contribution in [0.15, 0.2) is 29.2 Å². The molecule has 1 aromatic carbocycles. The van der Waals surface area contributed by atoms with Crippen molar-refractivity contribution < 1.29 is 9.53 Å². The Morgan fingerprint density at radius 3 is 2.89 bits per heavy atom. The smallest absolute Gasteiger partial charge is 0.408 e. The molecule has 0 saturated carbocycles. The molecule has 0 aromatic heterocycles. The Kier molecular flexibility index (Phi) is 5.26. The van der Waals surface area contributed by atoms with Gasteiger partial charge >= 0.3 is 6.09 Å². The van der Waals surface area contributed by atoms with Crippen LogP contribution >= 0.6 is 23.5 Å². The number of hydrogen-bond acceptors (Lipinski definition) is 4. The number of rotatable bonds is 4. The fourth-order valence-corrected chi connectivity index (χ4v) is 3.27. The third-order valence-electron chi connectivity index (χ3n) is 2.74. The number of amides is 1. The summed E-state index contributed by atoms with van der Waals surface area (Å²) in [5.74, 6) is 1.13. The van der Waals surface area contributed by atoms with E-state index in [1.54, 1.807) is 23.5 Å². The second-order valence-corrected chi connectivity index (χ2v) is 6.26. The van der Waals surface area contributed by atoms with Crippen molar-refractivity contribution in [2.45, 2.75) is 29.7 Å². The molecule has 1 atom stereocenters. The maximum atomic E-state index is 11.5. The molecular weight excluding hydrogens is 266 g/mol. The average molecular weight is 283 g/mol. The van der Waals surface area contributed by atoms with Crippen LogP contribution in [-0.4, -0.2) is 23.5 Å². The minimum atomic E-state index is -0.316. The zero-order valence-electron chi connectivity index (χ0n) is 10.3. The first-order chi connectivity index (χ1) is 8.78. The summed E-state index contributed by atoms with van der Waals surface area (Å²) in [6.45, 7) is 0.331. The summed E-state index contributed by atoms with van der Waals surface area (Å²) in [5.41, 5.74) is 1.02. The maximum Gasteiger partial charge on any atom is 0.408 e. The Bertz CT molecular complexity index is 388. The van der Waals surface area contributed by atoms with Crippen molar-refractivity contribution in [3.63, 3.8) is 0 Å². The van der Waals surface area contributed by atoms with Crippen molar-refractivity contribution in [2.75, 3.05) is 12.0 Å². The summed E-state index contributed by atoms with van der Waals surface area (Å²) < 4.78 is 5.19. The highest BCUT2D eigenvalue weighted by atomic mass is 32.2. The van der Waals surface area contributed by atoms with Crippen molar-refractivity contribution in [1.82, 2.24) is 5.32 Å². The third-order valence-corrected chi connectivity index (χ3v) is 4.76. The van der Waals surface area contributed by atoms with Gasteiger partial charge in [0.1, 0.15) is 6.61 Å². The molecule has 1 amide bonds. The summed E-state index contributed by atoms with van der Waals surface area (Å²) in [6, 6.07) is 8.05. The maximum absolute atomic E-state index is 11.5. The second-order valence-electron chi connectivity index (χ2n) is 4.07. The number of hydrogen-bond donors (Lipinski definition) is 1. The first-order valence-electron chi connectivity index (χ1n) is 5.96. The van der Waals surface area contributed by atoms with E-state index in [9.17, 15) is 4.79 Å². The Labute approximate surface area is 116 Å². The van der Waals surface area contributed by atoms with Crippen LogP contribution in [0.4, 0.5) is 4.79 Å². The summed E-state index contributed by atoms with van der Waals surface area (Å²) in [5, 5.41) is 3.10. The minimum Gasteiger partial charge on any atom is -0.445 e. The summed E-state index contributed by atoms with van der Waals surface area (Å²) >= 11 is 3.48. The van der Waals surface area contributed by atoms with Gasteiger partial charge in [-0.1, -0.05) is 12.1 Å². The van der Waals surface area contributed by atoms with Crippen molar-refractivity contribution >= 4 is 29.6 Å². The van der Waals surface area contributed by atoms with Gasteiger partial charge in [-0.15, -0.1) is 23.5 Å². The highest BCUT2D eigenvalue weighted by Gasteiger charge is 2.18. The largest absolute Gasteiger partial charge is 0.445 e. The molecule has 98 valence electrons. The predicted molar refractivity (Wildman–Crippen MR) is 77.0 cm³/mol. The molecule has 1 aliphatic heterocycles. The fourth-order valence-electron chi connectivity index (χ4n) is 1.74. The molecule has 1 fully saturated rings. The second kappa shape index (κ2) is 6.95. The number of nitrogens with one attached hydrogen (secondary N) is 1. The van der Waals surface area contributed by atoms with E-state index in [1.165, 1.54) is 11.3 Å². The molecule has 1 saturated heterocycles. The van der Waals surface area contributed by atoms with E-state index in [2.05, 4.69) is 5.32 Å². The first kappa shape index (κ1) is 13.6. The topological polar surface area (TPSA) is 38.3 Å². The summed E-state index contributed by atoms with van der Waals surface area (Å²) in [4.78, 5) is 12.8. The molecule has 18 heavy (non-hydrogen) atoms. The lowest BCUT2D eigenvalue weighted by atomic mass is 10.2. The van der Waals surface area contributed by atoms with Gasteiger partial charge in [0.25, 0.3) is 0 Å². The number of thioether (sulfide) groups is 2. The molecule has 0 aliphatic carbocycles. The van der Waals surface area contributed by atoms with E-state index in [0.717, 1.165) is 17.7 Å². The van der Waals surface area contributed by atoms with E-state index >= 15 is 0 Å². The van der Waals surface area contributed by atoms with Crippen molar-refractivity contribution in [3.8, 4) is 0 Å². The molecule has 2 rings (SSSR count). The molecule has 5 heteroatoms. The van der Waals surface area contributed by atoms with Crippen LogP contribution in [0.5, 0.6) is 0 Å². The lowest BCUT2D eigenvalue weighted by molar-refractivity contribution is 0.138. The van der Waals surface area contributed by atoms with Crippen LogP contribution in [-0.2, 0) is 11.3 Å². The number of alkyl carbamates (subject to hydrolysis) is 1. The average Bonchev–Trinajstić information content (AvgIpc) is 2.90. The van der Waals surface area contributed by atoms with Gasteiger partial charge in [0.15, 0.2) is 0 Å². The van der Waals surface area contributed by atoms with Gasteiger partial charge in [-0.25, -0.2) is 4.79 Å². The van der Waals surface area contributed by atoms with E-state index in [4.69, 9.17) is 4.74 Å². The molecule has 0 spiro atoms. The fraction of sp³-hybridized carbons (Fsp3) is 0.462. The predicted octanol–water partition coefficient (Wildman–Crippen LogP) is 3.49. The monoisotopic (exact) mass is 283 g/mol. The van der Waals surface area contributed by atoms with Crippen LogP contribution in [0.2, 0.25) is 0 Å². The normalized spacial score (nSPS) is 18.6. The van der Waals surface area contributed by atoms with Crippen LogP contribution in [0.1, 0.15) is 18.4 Å². The lowest BCUT2D eigenvalue weighted by Crippen LogP contribution is -2.31. The zero-order chi connectivity index (χ0) is 12.8. The van der Waals surface area contributed by atoms with E-state index in [-0.39, 0.29) is 11.5 Å². The van der Waals surface area contributed by atoms with E-state index in [1.807, 2.05) is 30.5 Å². The summed E-state index contributed by atoms with van der Waals surface area (Å²) in [7, 11) is 0. The third kappa shape index (κ3) is 4.14. The molecule has 1 aliphatic rings. The standard InChI is InChI=1S/C13H17NO2S2/c1-17-11-6-4-10(5-7-11)9-16-13(15)14-12-3-2-8-18-12/h4-7,12H,2-3,8-9H2,1H3,(H,14,15). The van der Waals surface area contributed by atoms with Gasteiger partial charge in [-0.2, -0.15) is 0 Å². The van der Waals surface area contributed by atoms with Gasteiger partial charge in [0.2, 0.25) is 0 Å². The number of carbonyl (C=O) groups excluding carboxylic acids is 1. The van der Waals surface area contributed by atoms with Gasteiger partial charge in [0, 0.05) is 4.90 Å². The Balaban J connectivity index is 1.74. The van der Waals surface area contributed by atoms with Crippen LogP contribution in [0.25, 0.3) is 0 Å². The highest BCUT2D eigenvalue weighted by molar-refractivity contribution is 8.00. The number of ether oxygens (including phenoxy) is 1. The van der Waals surface area contributed by atoms with E-state index in [0.29, 0.717) is 6.61 Å². The van der Waals surface area contributed by atoms with Crippen molar-refractivity contribution in [1.29, 1.82) is 0 Å². The molecular formula is C13H17NO2S2. The molecule has 1 unspecified atom stereocenters. The van der Waals surface area contributed by atoms with Crippen molar-refractivity contribution in [2.24, 2.45) is 0 Å². The first-order valence-corrected chi connectivity index (χ1v) is 8.23. The number of benzene rings is 1. The van der Waals surface area contributed by atoms with Crippen molar-refractivity contribution in [3.05, 3.63) is 29.8 Å². The highest BCUT2D eigenvalue weighted by Crippen LogP contribution is 2.23. The van der Waals surface area contributed by atoms with Gasteiger partial charge in [0.05, 0.1) is 5.37 Å². The Morgan fingerprint density at radius 2 is 2.28 bits per heavy atom. The Morgan fingerprint density at radius 1 is 1.50 bits per heavy atom. The molecule has 0 bridgehead atoms. The molecule has 1 heterocycles. The zero-order valence-corrected chi connectivity index (χ0v) is 12.0. The van der Waals surface area contributed by atoms with Crippen LogP contribution < -0.4 is 5.32 Å². The molecule has 1 aromatic rings. The van der Waals surface area contributed by atoms with Gasteiger partial charge < -0.3 is 10.1 Å². The van der Waals surface area contributed by atoms with Crippen LogP contribution in [0, 0.1) is 0 Å². The SMILES string of the molecule is CSc1ccc(COC(=O)NC2CCCS2)cc1. The van der Waals surface area contributed by atoms with Gasteiger partial charge in [-0.05, 0) is 42.5 Å². The quantitative estimate of drug-likeness (QED) is 0.859. The Hall–Kier alpha value is -0.810. The van der Waals surface area contributed by atoms with Crippen LogP contribution in [0.3, 0.4) is 0 Å². The molecule has 0 radical (unpaired) electrons. The van der Waals surface area contributed by atoms with Gasteiger partial charge in [-0.3, -0.25) is 0 Å².